The van der Waals surface area contributed by atoms with E-state index in [4.69, 9.17) is 9.47 Å². The quantitative estimate of drug-likeness (QED) is 0.694. The van der Waals surface area contributed by atoms with E-state index in [0.29, 0.717) is 6.61 Å². The summed E-state index contributed by atoms with van der Waals surface area (Å²) in [6.45, 7) is 0.450. The fourth-order valence-electron chi connectivity index (χ4n) is 2.14. The van der Waals surface area contributed by atoms with E-state index < -0.39 is 15.9 Å². The van der Waals surface area contributed by atoms with Crippen molar-refractivity contribution < 1.29 is 23.0 Å². The zero-order valence-corrected chi connectivity index (χ0v) is 14.9. The molecule has 0 radical (unpaired) electrons. The maximum atomic E-state index is 12.1. The van der Waals surface area contributed by atoms with Gasteiger partial charge in [-0.3, -0.25) is 0 Å². The van der Waals surface area contributed by atoms with Gasteiger partial charge >= 0.3 is 0 Å². The van der Waals surface area contributed by atoms with Crippen molar-refractivity contribution in [3.8, 4) is 5.75 Å². The number of methoxy groups -OCH3 is 1. The first-order valence-corrected chi connectivity index (χ1v) is 9.50. The minimum atomic E-state index is -3.38. The molecule has 134 valence electrons. The average Bonchev–Trinajstić information content (AvgIpc) is 2.63. The normalized spacial score (nSPS) is 13.0. The van der Waals surface area contributed by atoms with E-state index in [-0.39, 0.29) is 17.3 Å². The molecule has 0 saturated carbocycles. The van der Waals surface area contributed by atoms with Crippen LogP contribution in [0, 0.1) is 0 Å². The molecule has 0 saturated heterocycles. The molecule has 0 amide bonds. The van der Waals surface area contributed by atoms with Crippen LogP contribution in [-0.2, 0) is 21.2 Å². The topological polar surface area (TPSA) is 72.8 Å². The number of sulfone groups is 1. The van der Waals surface area contributed by atoms with Crippen molar-refractivity contribution in [1.29, 1.82) is 0 Å². The van der Waals surface area contributed by atoms with Gasteiger partial charge in [-0.2, -0.15) is 0 Å². The Morgan fingerprint density at radius 1 is 1.08 bits per heavy atom. The van der Waals surface area contributed by atoms with E-state index in [1.165, 1.54) is 12.2 Å². The van der Waals surface area contributed by atoms with Crippen molar-refractivity contribution in [2.45, 2.75) is 17.6 Å². The van der Waals surface area contributed by atoms with Crippen LogP contribution >= 0.6 is 0 Å². The van der Waals surface area contributed by atoms with Crippen LogP contribution in [0.5, 0.6) is 5.75 Å². The third-order valence-electron chi connectivity index (χ3n) is 3.49. The van der Waals surface area contributed by atoms with Crippen LogP contribution in [0.2, 0.25) is 0 Å². The van der Waals surface area contributed by atoms with Crippen LogP contribution in [0.1, 0.15) is 5.56 Å². The molecule has 2 rings (SSSR count). The molecular weight excluding hydrogens is 340 g/mol. The summed E-state index contributed by atoms with van der Waals surface area (Å²) in [5.41, 5.74) is 0.962. The second-order valence-corrected chi connectivity index (χ2v) is 7.49. The minimum Gasteiger partial charge on any atom is -0.497 e. The molecule has 0 aliphatic heterocycles. The van der Waals surface area contributed by atoms with Crippen molar-refractivity contribution >= 4 is 9.84 Å². The molecule has 0 aliphatic rings. The lowest BCUT2D eigenvalue weighted by Gasteiger charge is -2.08. The Bertz CT molecular complexity index is 767. The van der Waals surface area contributed by atoms with Crippen LogP contribution in [0.25, 0.3) is 0 Å². The molecule has 1 unspecified atom stereocenters. The largest absolute Gasteiger partial charge is 0.497 e. The van der Waals surface area contributed by atoms with Gasteiger partial charge in [0.1, 0.15) is 5.75 Å². The van der Waals surface area contributed by atoms with Gasteiger partial charge in [-0.1, -0.05) is 42.5 Å². The zero-order valence-electron chi connectivity index (χ0n) is 14.0. The lowest BCUT2D eigenvalue weighted by Crippen LogP contribution is -2.13. The Kier molecular flexibility index (Phi) is 7.18. The molecule has 1 atom stereocenters. The lowest BCUT2D eigenvalue weighted by atomic mass is 10.2. The van der Waals surface area contributed by atoms with Crippen molar-refractivity contribution in [2.24, 2.45) is 0 Å². The summed E-state index contributed by atoms with van der Waals surface area (Å²) in [6.07, 6.45) is 2.03. The smallest absolute Gasteiger partial charge is 0.181 e. The molecule has 2 aromatic carbocycles. The van der Waals surface area contributed by atoms with E-state index in [2.05, 4.69) is 0 Å². The molecule has 5 nitrogen and oxygen atoms in total. The molecule has 6 heteroatoms. The summed E-state index contributed by atoms with van der Waals surface area (Å²) in [7, 11) is -1.77. The van der Waals surface area contributed by atoms with Crippen molar-refractivity contribution in [3.63, 3.8) is 0 Å². The molecule has 0 aliphatic carbocycles. The van der Waals surface area contributed by atoms with Crippen LogP contribution in [0.3, 0.4) is 0 Å². The highest BCUT2D eigenvalue weighted by atomic mass is 32.2. The summed E-state index contributed by atoms with van der Waals surface area (Å²) in [6, 6.07) is 15.7. The first-order chi connectivity index (χ1) is 12.0. The third kappa shape index (κ3) is 6.34. The average molecular weight is 362 g/mol. The van der Waals surface area contributed by atoms with Crippen LogP contribution in [-0.4, -0.2) is 39.1 Å². The second-order valence-electron chi connectivity index (χ2n) is 5.45. The predicted octanol–water partition coefficient (Wildman–Crippen LogP) is 2.60. The van der Waals surface area contributed by atoms with Crippen molar-refractivity contribution in [1.82, 2.24) is 0 Å². The van der Waals surface area contributed by atoms with Gasteiger partial charge in [-0.25, -0.2) is 8.42 Å². The van der Waals surface area contributed by atoms with E-state index in [1.54, 1.807) is 37.4 Å². The minimum absolute atomic E-state index is 0.0912. The van der Waals surface area contributed by atoms with Crippen molar-refractivity contribution in [3.05, 3.63) is 72.3 Å². The van der Waals surface area contributed by atoms with Gasteiger partial charge in [0.2, 0.25) is 0 Å². The lowest BCUT2D eigenvalue weighted by molar-refractivity contribution is 0.0503. The fraction of sp³-hybridized carbons (Fsp3) is 0.263. The molecule has 0 bridgehead atoms. The highest BCUT2D eigenvalue weighted by Gasteiger charge is 2.11. The summed E-state index contributed by atoms with van der Waals surface area (Å²) in [5, 5.41) is 9.85. The Morgan fingerprint density at radius 3 is 2.40 bits per heavy atom. The summed E-state index contributed by atoms with van der Waals surface area (Å²) >= 11 is 0. The van der Waals surface area contributed by atoms with E-state index >= 15 is 0 Å². The van der Waals surface area contributed by atoms with Gasteiger partial charge in [0.25, 0.3) is 0 Å². The number of aliphatic hydroxyl groups is 1. The summed E-state index contributed by atoms with van der Waals surface area (Å²) in [5.74, 6) is 0.610. The van der Waals surface area contributed by atoms with E-state index in [1.807, 2.05) is 24.3 Å². The summed E-state index contributed by atoms with van der Waals surface area (Å²) in [4.78, 5) is 0.268. The standard InChI is InChI=1S/C19H22O5S/c1-23-18-11-9-16(10-12-18)14-24-15-17(20)6-5-13-25(21,22)19-7-3-2-4-8-19/h2-12,17,20H,13-15H2,1H3/b6-5+. The van der Waals surface area contributed by atoms with Gasteiger partial charge in [-0.05, 0) is 29.8 Å². The van der Waals surface area contributed by atoms with Gasteiger partial charge < -0.3 is 14.6 Å². The Labute approximate surface area is 148 Å². The monoisotopic (exact) mass is 362 g/mol. The second kappa shape index (κ2) is 9.36. The molecule has 1 N–H and O–H groups in total. The molecule has 2 aromatic rings. The van der Waals surface area contributed by atoms with E-state index in [9.17, 15) is 13.5 Å². The number of ether oxygens (including phenoxy) is 2. The first-order valence-electron chi connectivity index (χ1n) is 7.84. The Balaban J connectivity index is 1.75. The SMILES string of the molecule is COc1ccc(COCC(O)/C=C/CS(=O)(=O)c2ccccc2)cc1. The number of rotatable bonds is 9. The predicted molar refractivity (Wildman–Crippen MR) is 96.3 cm³/mol. The fourth-order valence-corrected chi connectivity index (χ4v) is 3.27. The van der Waals surface area contributed by atoms with Gasteiger partial charge in [-0.15, -0.1) is 0 Å². The Morgan fingerprint density at radius 2 is 1.76 bits per heavy atom. The van der Waals surface area contributed by atoms with Crippen molar-refractivity contribution in [2.75, 3.05) is 19.5 Å². The van der Waals surface area contributed by atoms with Crippen LogP contribution < -0.4 is 4.74 Å². The van der Waals surface area contributed by atoms with Gasteiger partial charge in [0.05, 0.1) is 37.1 Å². The zero-order chi connectivity index (χ0) is 18.1. The molecular formula is C19H22O5S. The third-order valence-corrected chi connectivity index (χ3v) is 5.11. The maximum absolute atomic E-state index is 12.1. The first kappa shape index (κ1) is 19.2. The molecule has 25 heavy (non-hydrogen) atoms. The highest BCUT2D eigenvalue weighted by Crippen LogP contribution is 2.12. The Hall–Kier alpha value is -2.15. The van der Waals surface area contributed by atoms with Gasteiger partial charge in [0, 0.05) is 0 Å². The number of hydrogen-bond donors (Lipinski definition) is 1. The number of benzene rings is 2. The van der Waals surface area contributed by atoms with E-state index in [0.717, 1.165) is 11.3 Å². The van der Waals surface area contributed by atoms with Crippen LogP contribution in [0.4, 0.5) is 0 Å². The summed E-state index contributed by atoms with van der Waals surface area (Å²) < 4.78 is 34.7. The van der Waals surface area contributed by atoms with Crippen LogP contribution in [0.15, 0.2) is 71.6 Å². The molecule has 0 heterocycles. The van der Waals surface area contributed by atoms with Gasteiger partial charge in [0.15, 0.2) is 9.84 Å². The maximum Gasteiger partial charge on any atom is 0.181 e. The molecule has 0 aromatic heterocycles. The number of hydrogen-bond acceptors (Lipinski definition) is 5. The highest BCUT2D eigenvalue weighted by molar-refractivity contribution is 7.91. The molecule has 0 fully saturated rings. The molecule has 0 spiro atoms. The number of aliphatic hydroxyl groups excluding tert-OH is 1.